The predicted molar refractivity (Wildman–Crippen MR) is 87.9 cm³/mol. The third kappa shape index (κ3) is 5.37. The first kappa shape index (κ1) is 16.3. The SMILES string of the molecule is CC(N)C1CCN(C2CCCCCCCCCCC2)C1. The number of nitrogens with zero attached hydrogens (tertiary/aromatic N) is 1. The highest BCUT2D eigenvalue weighted by Gasteiger charge is 2.29. The summed E-state index contributed by atoms with van der Waals surface area (Å²) in [7, 11) is 0. The molecule has 0 radical (unpaired) electrons. The zero-order valence-corrected chi connectivity index (χ0v) is 13.7. The number of hydrogen-bond donors (Lipinski definition) is 1. The van der Waals surface area contributed by atoms with Gasteiger partial charge in [-0.3, -0.25) is 0 Å². The van der Waals surface area contributed by atoms with Crippen LogP contribution in [0.2, 0.25) is 0 Å². The molecule has 2 N–H and O–H groups in total. The molecule has 20 heavy (non-hydrogen) atoms. The summed E-state index contributed by atoms with van der Waals surface area (Å²) >= 11 is 0. The van der Waals surface area contributed by atoms with E-state index in [0.717, 1.165) is 12.0 Å². The molecule has 1 saturated carbocycles. The molecular formula is C18H36N2. The van der Waals surface area contributed by atoms with Gasteiger partial charge < -0.3 is 10.6 Å². The fourth-order valence-corrected chi connectivity index (χ4v) is 4.08. The molecule has 1 aliphatic carbocycles. The summed E-state index contributed by atoms with van der Waals surface area (Å²) in [5, 5.41) is 0. The number of rotatable bonds is 2. The van der Waals surface area contributed by atoms with Crippen molar-refractivity contribution in [2.45, 2.75) is 96.1 Å². The third-order valence-electron chi connectivity index (χ3n) is 5.59. The van der Waals surface area contributed by atoms with Crippen LogP contribution in [-0.4, -0.2) is 30.1 Å². The van der Waals surface area contributed by atoms with Gasteiger partial charge in [-0.25, -0.2) is 0 Å². The Kier molecular flexibility index (Phi) is 7.37. The van der Waals surface area contributed by atoms with Crippen LogP contribution in [0.3, 0.4) is 0 Å². The van der Waals surface area contributed by atoms with Crippen LogP contribution >= 0.6 is 0 Å². The Bertz CT molecular complexity index is 240. The molecule has 0 amide bonds. The van der Waals surface area contributed by atoms with E-state index in [0.29, 0.717) is 6.04 Å². The van der Waals surface area contributed by atoms with Gasteiger partial charge in [0.15, 0.2) is 0 Å². The van der Waals surface area contributed by atoms with E-state index >= 15 is 0 Å². The van der Waals surface area contributed by atoms with Gasteiger partial charge in [-0.2, -0.15) is 0 Å². The Hall–Kier alpha value is -0.0800. The van der Waals surface area contributed by atoms with Gasteiger partial charge in [0.05, 0.1) is 0 Å². The van der Waals surface area contributed by atoms with Gasteiger partial charge in [-0.15, -0.1) is 0 Å². The van der Waals surface area contributed by atoms with Gasteiger partial charge in [-0.1, -0.05) is 57.8 Å². The van der Waals surface area contributed by atoms with Crippen LogP contribution in [0.5, 0.6) is 0 Å². The predicted octanol–water partition coefficient (Wildman–Crippen LogP) is 4.33. The normalized spacial score (nSPS) is 30.6. The maximum atomic E-state index is 6.10. The Morgan fingerprint density at radius 3 is 1.75 bits per heavy atom. The van der Waals surface area contributed by atoms with Crippen molar-refractivity contribution in [1.29, 1.82) is 0 Å². The van der Waals surface area contributed by atoms with Crippen LogP contribution in [0, 0.1) is 5.92 Å². The molecule has 2 atom stereocenters. The average Bonchev–Trinajstić information content (AvgIpc) is 2.89. The molecule has 2 fully saturated rings. The van der Waals surface area contributed by atoms with E-state index in [-0.39, 0.29) is 0 Å². The number of likely N-dealkylation sites (tertiary alicyclic amines) is 1. The van der Waals surface area contributed by atoms with E-state index in [4.69, 9.17) is 5.73 Å². The zero-order chi connectivity index (χ0) is 14.2. The van der Waals surface area contributed by atoms with Crippen LogP contribution < -0.4 is 5.73 Å². The Morgan fingerprint density at radius 1 is 0.800 bits per heavy atom. The summed E-state index contributed by atoms with van der Waals surface area (Å²) in [5.74, 6) is 0.747. The van der Waals surface area contributed by atoms with E-state index in [1.807, 2.05) is 0 Å². The van der Waals surface area contributed by atoms with Gasteiger partial charge in [0, 0.05) is 18.6 Å². The molecule has 118 valence electrons. The lowest BCUT2D eigenvalue weighted by atomic mass is 9.97. The molecule has 2 nitrogen and oxygen atoms in total. The summed E-state index contributed by atoms with van der Waals surface area (Å²) in [5.41, 5.74) is 6.10. The van der Waals surface area contributed by atoms with E-state index in [1.165, 1.54) is 90.1 Å². The molecule has 0 aromatic heterocycles. The first-order valence-corrected chi connectivity index (χ1v) is 9.27. The summed E-state index contributed by atoms with van der Waals surface area (Å²) in [4.78, 5) is 2.78. The van der Waals surface area contributed by atoms with Gasteiger partial charge >= 0.3 is 0 Å². The van der Waals surface area contributed by atoms with Gasteiger partial charge in [0.1, 0.15) is 0 Å². The lowest BCUT2D eigenvalue weighted by molar-refractivity contribution is 0.199. The van der Waals surface area contributed by atoms with Crippen molar-refractivity contribution in [3.05, 3.63) is 0 Å². The van der Waals surface area contributed by atoms with Crippen molar-refractivity contribution < 1.29 is 0 Å². The zero-order valence-electron chi connectivity index (χ0n) is 13.7. The third-order valence-corrected chi connectivity index (χ3v) is 5.59. The summed E-state index contributed by atoms with van der Waals surface area (Å²) in [6.07, 6.45) is 17.4. The molecule has 1 saturated heterocycles. The minimum absolute atomic E-state index is 0.381. The number of hydrogen-bond acceptors (Lipinski definition) is 2. The first-order chi connectivity index (χ1) is 9.77. The van der Waals surface area contributed by atoms with Gasteiger partial charge in [0.2, 0.25) is 0 Å². The molecule has 1 heterocycles. The molecule has 2 unspecified atom stereocenters. The molecule has 0 bridgehead atoms. The van der Waals surface area contributed by atoms with Crippen LogP contribution in [-0.2, 0) is 0 Å². The molecule has 2 rings (SSSR count). The topological polar surface area (TPSA) is 29.3 Å². The largest absolute Gasteiger partial charge is 0.328 e. The molecular weight excluding hydrogens is 244 g/mol. The van der Waals surface area contributed by atoms with Crippen molar-refractivity contribution in [3.63, 3.8) is 0 Å². The van der Waals surface area contributed by atoms with Crippen LogP contribution in [0.1, 0.15) is 84.0 Å². The Labute approximate surface area is 126 Å². The summed E-state index contributed by atoms with van der Waals surface area (Å²) in [6, 6.07) is 1.24. The van der Waals surface area contributed by atoms with Gasteiger partial charge in [-0.05, 0) is 38.6 Å². The lowest BCUT2D eigenvalue weighted by Crippen LogP contribution is -2.36. The highest BCUT2D eigenvalue weighted by atomic mass is 15.2. The molecule has 1 aliphatic heterocycles. The smallest absolute Gasteiger partial charge is 0.00953 e. The van der Waals surface area contributed by atoms with Crippen LogP contribution in [0.25, 0.3) is 0 Å². The minimum atomic E-state index is 0.381. The maximum Gasteiger partial charge on any atom is 0.00953 e. The monoisotopic (exact) mass is 280 g/mol. The van der Waals surface area contributed by atoms with E-state index in [2.05, 4.69) is 11.8 Å². The Morgan fingerprint density at radius 2 is 1.30 bits per heavy atom. The van der Waals surface area contributed by atoms with E-state index in [9.17, 15) is 0 Å². The fraction of sp³-hybridized carbons (Fsp3) is 1.00. The summed E-state index contributed by atoms with van der Waals surface area (Å²) < 4.78 is 0. The highest BCUT2D eigenvalue weighted by Crippen LogP contribution is 2.26. The second kappa shape index (κ2) is 9.04. The van der Waals surface area contributed by atoms with Crippen molar-refractivity contribution in [1.82, 2.24) is 4.90 Å². The highest BCUT2D eigenvalue weighted by molar-refractivity contribution is 4.85. The van der Waals surface area contributed by atoms with Crippen molar-refractivity contribution in [3.8, 4) is 0 Å². The van der Waals surface area contributed by atoms with E-state index in [1.54, 1.807) is 0 Å². The molecule has 2 aliphatic rings. The second-order valence-corrected chi connectivity index (χ2v) is 7.32. The van der Waals surface area contributed by atoms with Crippen LogP contribution in [0.15, 0.2) is 0 Å². The Balaban J connectivity index is 1.80. The molecule has 0 aromatic rings. The van der Waals surface area contributed by atoms with Crippen molar-refractivity contribution in [2.75, 3.05) is 13.1 Å². The quantitative estimate of drug-likeness (QED) is 0.816. The maximum absolute atomic E-state index is 6.10. The molecule has 0 spiro atoms. The lowest BCUT2D eigenvalue weighted by Gasteiger charge is -2.29. The fourth-order valence-electron chi connectivity index (χ4n) is 4.08. The van der Waals surface area contributed by atoms with Gasteiger partial charge in [0.25, 0.3) is 0 Å². The van der Waals surface area contributed by atoms with Crippen molar-refractivity contribution >= 4 is 0 Å². The van der Waals surface area contributed by atoms with E-state index < -0.39 is 0 Å². The second-order valence-electron chi connectivity index (χ2n) is 7.32. The first-order valence-electron chi connectivity index (χ1n) is 9.27. The molecule has 2 heteroatoms. The number of nitrogens with two attached hydrogens (primary N) is 1. The average molecular weight is 280 g/mol. The summed E-state index contributed by atoms with van der Waals surface area (Å²) in [6.45, 7) is 4.76. The van der Waals surface area contributed by atoms with Crippen molar-refractivity contribution in [2.24, 2.45) is 11.7 Å². The van der Waals surface area contributed by atoms with Crippen LogP contribution in [0.4, 0.5) is 0 Å². The molecule has 0 aromatic carbocycles. The standard InChI is InChI=1S/C18H36N2/c1-16(19)17-13-14-20(15-17)18-11-9-7-5-3-2-4-6-8-10-12-18/h16-18H,2-15,19H2,1H3. The minimum Gasteiger partial charge on any atom is -0.328 e.